The lowest BCUT2D eigenvalue weighted by Gasteiger charge is -2.10. The second kappa shape index (κ2) is 6.82. The quantitative estimate of drug-likeness (QED) is 0.425. The SMILES string of the molecule is CCn1c2ccccc2c2cc(NC(=O)Cn3c(C)cc4ccccc43)ccc21. The van der Waals surface area contributed by atoms with Crippen molar-refractivity contribution in [2.75, 3.05) is 5.32 Å². The Balaban J connectivity index is 1.48. The van der Waals surface area contributed by atoms with Gasteiger partial charge >= 0.3 is 0 Å². The number of nitrogens with one attached hydrogen (secondary N) is 1. The molecule has 1 amide bonds. The molecule has 0 atom stereocenters. The van der Waals surface area contributed by atoms with Crippen LogP contribution in [0.3, 0.4) is 0 Å². The van der Waals surface area contributed by atoms with Crippen molar-refractivity contribution >= 4 is 44.3 Å². The number of aromatic nitrogens is 2. The summed E-state index contributed by atoms with van der Waals surface area (Å²) in [6.07, 6.45) is 0. The van der Waals surface area contributed by atoms with Gasteiger partial charge in [-0.2, -0.15) is 0 Å². The molecular weight excluding hydrogens is 358 g/mol. The van der Waals surface area contributed by atoms with Crippen molar-refractivity contribution in [2.45, 2.75) is 26.9 Å². The van der Waals surface area contributed by atoms with Gasteiger partial charge in [-0.1, -0.05) is 36.4 Å². The third-order valence-corrected chi connectivity index (χ3v) is 5.69. The number of hydrogen-bond acceptors (Lipinski definition) is 1. The molecule has 0 aliphatic carbocycles. The number of hydrogen-bond donors (Lipinski definition) is 1. The van der Waals surface area contributed by atoms with Gasteiger partial charge in [0, 0.05) is 45.2 Å². The Hall–Kier alpha value is -3.53. The van der Waals surface area contributed by atoms with Gasteiger partial charge in [-0.05, 0) is 55.6 Å². The van der Waals surface area contributed by atoms with Crippen molar-refractivity contribution in [1.82, 2.24) is 9.13 Å². The molecule has 4 nitrogen and oxygen atoms in total. The highest BCUT2D eigenvalue weighted by atomic mass is 16.1. The summed E-state index contributed by atoms with van der Waals surface area (Å²) in [5, 5.41) is 6.63. The summed E-state index contributed by atoms with van der Waals surface area (Å²) in [5.74, 6) is -0.0203. The molecule has 0 fully saturated rings. The first-order valence-corrected chi connectivity index (χ1v) is 10.0. The Morgan fingerprint density at radius 1 is 0.828 bits per heavy atom. The largest absolute Gasteiger partial charge is 0.341 e. The van der Waals surface area contributed by atoms with E-state index in [-0.39, 0.29) is 5.91 Å². The third kappa shape index (κ3) is 2.88. The van der Waals surface area contributed by atoms with Gasteiger partial charge in [-0.15, -0.1) is 0 Å². The van der Waals surface area contributed by atoms with Gasteiger partial charge in [0.15, 0.2) is 0 Å². The zero-order chi connectivity index (χ0) is 20.0. The van der Waals surface area contributed by atoms with Crippen molar-refractivity contribution in [3.05, 3.63) is 78.5 Å². The van der Waals surface area contributed by atoms with Crippen LogP contribution < -0.4 is 5.32 Å². The first kappa shape index (κ1) is 17.6. The van der Waals surface area contributed by atoms with E-state index in [9.17, 15) is 4.79 Å². The summed E-state index contributed by atoms with van der Waals surface area (Å²) in [6.45, 7) is 5.41. The van der Waals surface area contributed by atoms with E-state index in [2.05, 4.69) is 76.0 Å². The van der Waals surface area contributed by atoms with Crippen LogP contribution in [0.4, 0.5) is 5.69 Å². The number of rotatable bonds is 4. The van der Waals surface area contributed by atoms with Gasteiger partial charge in [0.2, 0.25) is 5.91 Å². The number of carbonyl (C=O) groups is 1. The predicted molar refractivity (Wildman–Crippen MR) is 120 cm³/mol. The highest BCUT2D eigenvalue weighted by Gasteiger charge is 2.12. The number of benzene rings is 3. The molecule has 2 heterocycles. The molecule has 0 aliphatic heterocycles. The van der Waals surface area contributed by atoms with Crippen LogP contribution in [-0.4, -0.2) is 15.0 Å². The van der Waals surface area contributed by atoms with Crippen molar-refractivity contribution < 1.29 is 4.79 Å². The fraction of sp³-hybridized carbons (Fsp3) is 0.160. The average molecular weight is 381 g/mol. The Bertz CT molecular complexity index is 1370. The molecule has 0 aliphatic rings. The monoisotopic (exact) mass is 381 g/mol. The summed E-state index contributed by atoms with van der Waals surface area (Å²) >= 11 is 0. The molecule has 4 heteroatoms. The molecule has 5 aromatic rings. The Kier molecular flexibility index (Phi) is 4.13. The molecule has 0 saturated heterocycles. The zero-order valence-electron chi connectivity index (χ0n) is 16.6. The van der Waals surface area contributed by atoms with Crippen LogP contribution in [0.25, 0.3) is 32.7 Å². The van der Waals surface area contributed by atoms with Crippen LogP contribution in [0.2, 0.25) is 0 Å². The summed E-state index contributed by atoms with van der Waals surface area (Å²) < 4.78 is 4.37. The van der Waals surface area contributed by atoms with E-state index in [1.807, 2.05) is 25.1 Å². The minimum absolute atomic E-state index is 0.0203. The number of fused-ring (bicyclic) bond motifs is 4. The van der Waals surface area contributed by atoms with Gasteiger partial charge in [0.05, 0.1) is 0 Å². The summed E-state index contributed by atoms with van der Waals surface area (Å²) in [6, 6.07) is 24.9. The van der Waals surface area contributed by atoms with Crippen molar-refractivity contribution in [3.63, 3.8) is 0 Å². The van der Waals surface area contributed by atoms with Crippen molar-refractivity contribution in [3.8, 4) is 0 Å². The standard InChI is InChI=1S/C25H23N3O/c1-3-27-23-11-7-5-9-20(23)21-15-19(12-13-24(21)27)26-25(29)16-28-17(2)14-18-8-4-6-10-22(18)28/h4-15H,3,16H2,1-2H3,(H,26,29). The summed E-state index contributed by atoms with van der Waals surface area (Å²) in [4.78, 5) is 12.8. The molecule has 0 saturated carbocycles. The Morgan fingerprint density at radius 2 is 1.55 bits per heavy atom. The number of amides is 1. The smallest absolute Gasteiger partial charge is 0.244 e. The van der Waals surface area contributed by atoms with Gasteiger partial charge in [0.25, 0.3) is 0 Å². The van der Waals surface area contributed by atoms with Crippen LogP contribution in [0.5, 0.6) is 0 Å². The first-order valence-electron chi connectivity index (χ1n) is 10.0. The molecule has 5 rings (SSSR count). The molecule has 0 radical (unpaired) electrons. The zero-order valence-corrected chi connectivity index (χ0v) is 16.6. The topological polar surface area (TPSA) is 39.0 Å². The van der Waals surface area contributed by atoms with E-state index < -0.39 is 0 Å². The van der Waals surface area contributed by atoms with Crippen LogP contribution in [-0.2, 0) is 17.9 Å². The van der Waals surface area contributed by atoms with Gasteiger partial charge < -0.3 is 14.5 Å². The van der Waals surface area contributed by atoms with E-state index >= 15 is 0 Å². The fourth-order valence-electron chi connectivity index (χ4n) is 4.37. The normalized spacial score (nSPS) is 11.5. The lowest BCUT2D eigenvalue weighted by atomic mass is 10.1. The molecule has 0 unspecified atom stereocenters. The lowest BCUT2D eigenvalue weighted by molar-refractivity contribution is -0.116. The molecule has 2 aromatic heterocycles. The van der Waals surface area contributed by atoms with E-state index in [1.165, 1.54) is 21.8 Å². The molecular formula is C25H23N3O. The highest BCUT2D eigenvalue weighted by molar-refractivity contribution is 6.09. The second-order valence-electron chi connectivity index (χ2n) is 7.47. The number of para-hydroxylation sites is 2. The number of anilines is 1. The lowest BCUT2D eigenvalue weighted by Crippen LogP contribution is -2.19. The van der Waals surface area contributed by atoms with E-state index in [0.29, 0.717) is 6.54 Å². The predicted octanol–water partition coefficient (Wildman–Crippen LogP) is 5.72. The second-order valence-corrected chi connectivity index (χ2v) is 7.47. The average Bonchev–Trinajstić information content (AvgIpc) is 3.22. The summed E-state index contributed by atoms with van der Waals surface area (Å²) in [7, 11) is 0. The van der Waals surface area contributed by atoms with Crippen molar-refractivity contribution in [2.24, 2.45) is 0 Å². The molecule has 3 aromatic carbocycles. The minimum Gasteiger partial charge on any atom is -0.341 e. The van der Waals surface area contributed by atoms with Crippen molar-refractivity contribution in [1.29, 1.82) is 0 Å². The first-order chi connectivity index (χ1) is 14.2. The van der Waals surface area contributed by atoms with E-state index in [0.717, 1.165) is 28.8 Å². The van der Waals surface area contributed by atoms with Gasteiger partial charge in [-0.25, -0.2) is 0 Å². The van der Waals surface area contributed by atoms with Gasteiger partial charge in [0.1, 0.15) is 6.54 Å². The maximum atomic E-state index is 12.8. The summed E-state index contributed by atoms with van der Waals surface area (Å²) in [5.41, 5.74) is 5.42. The molecule has 0 bridgehead atoms. The molecule has 29 heavy (non-hydrogen) atoms. The van der Waals surface area contributed by atoms with Crippen LogP contribution in [0.1, 0.15) is 12.6 Å². The van der Waals surface area contributed by atoms with E-state index in [1.54, 1.807) is 0 Å². The molecule has 144 valence electrons. The fourth-order valence-corrected chi connectivity index (χ4v) is 4.37. The molecule has 0 spiro atoms. The van der Waals surface area contributed by atoms with E-state index in [4.69, 9.17) is 0 Å². The van der Waals surface area contributed by atoms with Gasteiger partial charge in [-0.3, -0.25) is 4.79 Å². The Labute approximate surface area is 169 Å². The Morgan fingerprint density at radius 3 is 2.38 bits per heavy atom. The third-order valence-electron chi connectivity index (χ3n) is 5.69. The van der Waals surface area contributed by atoms with Crippen LogP contribution in [0, 0.1) is 6.92 Å². The maximum Gasteiger partial charge on any atom is 0.244 e. The maximum absolute atomic E-state index is 12.8. The minimum atomic E-state index is -0.0203. The highest BCUT2D eigenvalue weighted by Crippen LogP contribution is 2.31. The number of aryl methyl sites for hydroxylation is 2. The van der Waals surface area contributed by atoms with Crippen LogP contribution in [0.15, 0.2) is 72.8 Å². The molecule has 1 N–H and O–H groups in total. The van der Waals surface area contributed by atoms with Crippen LogP contribution >= 0.6 is 0 Å². The number of carbonyl (C=O) groups excluding carboxylic acids is 1. The number of nitrogens with zero attached hydrogens (tertiary/aromatic N) is 2.